The van der Waals surface area contributed by atoms with E-state index in [0.29, 0.717) is 37.7 Å². The first kappa shape index (κ1) is 22.3. The molecule has 3 aromatic carbocycles. The molecule has 0 aliphatic carbocycles. The number of likely N-dealkylation sites (N-methyl/N-ethyl adjacent to an activating group) is 1. The van der Waals surface area contributed by atoms with Gasteiger partial charge in [-0.3, -0.25) is 4.79 Å². The molecule has 3 aromatic rings. The Balaban J connectivity index is 1.78. The van der Waals surface area contributed by atoms with Gasteiger partial charge in [0.15, 0.2) is 5.11 Å². The fourth-order valence-electron chi connectivity index (χ4n) is 3.49. The summed E-state index contributed by atoms with van der Waals surface area (Å²) in [5.41, 5.74) is 3.56. The van der Waals surface area contributed by atoms with E-state index in [-0.39, 0.29) is 5.91 Å². The number of fused-ring (bicyclic) bond motifs is 1. The molecule has 4 rings (SSSR count). The van der Waals surface area contributed by atoms with Gasteiger partial charge in [0.2, 0.25) is 6.17 Å². The molecule has 1 atom stereocenters. The summed E-state index contributed by atoms with van der Waals surface area (Å²) in [6.07, 6.45) is -0.948. The fourth-order valence-corrected chi connectivity index (χ4v) is 4.11. The minimum atomic E-state index is -0.948. The molecule has 0 spiro atoms. The van der Waals surface area contributed by atoms with Crippen LogP contribution in [-0.4, -0.2) is 37.0 Å². The van der Waals surface area contributed by atoms with Gasteiger partial charge >= 0.3 is 0 Å². The topological polar surface area (TPSA) is 47.9 Å². The Morgan fingerprint density at radius 3 is 2.44 bits per heavy atom. The van der Waals surface area contributed by atoms with Crippen molar-refractivity contribution in [1.82, 2.24) is 5.32 Å². The van der Waals surface area contributed by atoms with Crippen molar-refractivity contribution in [3.63, 3.8) is 0 Å². The van der Waals surface area contributed by atoms with E-state index in [1.807, 2.05) is 55.6 Å². The Morgan fingerprint density at radius 2 is 1.72 bits per heavy atom. The maximum atomic E-state index is 13.4. The van der Waals surface area contributed by atoms with Gasteiger partial charge in [-0.1, -0.05) is 59.6 Å². The average molecular weight is 483 g/mol. The number of para-hydroxylation sites is 1. The molecule has 0 aromatic heterocycles. The number of benzene rings is 3. The number of benzodiazepines with no additional fused rings is 1. The predicted molar refractivity (Wildman–Crippen MR) is 136 cm³/mol. The summed E-state index contributed by atoms with van der Waals surface area (Å²) in [4.78, 5) is 21.5. The van der Waals surface area contributed by atoms with Gasteiger partial charge in [0.25, 0.3) is 5.91 Å². The van der Waals surface area contributed by atoms with Crippen LogP contribution in [0, 0.1) is 0 Å². The van der Waals surface area contributed by atoms with Crippen molar-refractivity contribution in [3.05, 3.63) is 94.0 Å². The average Bonchev–Trinajstić information content (AvgIpc) is 2.90. The van der Waals surface area contributed by atoms with Gasteiger partial charge < -0.3 is 15.1 Å². The van der Waals surface area contributed by atoms with E-state index in [2.05, 4.69) is 5.32 Å². The van der Waals surface area contributed by atoms with Crippen LogP contribution < -0.4 is 15.1 Å². The first-order valence-corrected chi connectivity index (χ1v) is 11.0. The van der Waals surface area contributed by atoms with Crippen molar-refractivity contribution in [2.45, 2.75) is 6.17 Å². The predicted octanol–water partition coefficient (Wildman–Crippen LogP) is 5.14. The third-order valence-electron chi connectivity index (χ3n) is 5.24. The first-order valence-electron chi connectivity index (χ1n) is 9.86. The molecule has 1 aliphatic heterocycles. The number of nitrogens with one attached hydrogen (secondary N) is 1. The molecule has 5 nitrogen and oxygen atoms in total. The van der Waals surface area contributed by atoms with Crippen LogP contribution in [0.3, 0.4) is 0 Å². The fraction of sp³-hybridized carbons (Fsp3) is 0.125. The number of rotatable bonds is 3. The van der Waals surface area contributed by atoms with Crippen molar-refractivity contribution >= 4 is 63.5 Å². The number of hydrogen-bond acceptors (Lipinski definition) is 3. The monoisotopic (exact) mass is 482 g/mol. The largest absolute Gasteiger partial charge is 0.333 e. The first-order chi connectivity index (χ1) is 15.4. The van der Waals surface area contributed by atoms with Crippen molar-refractivity contribution in [1.29, 1.82) is 0 Å². The number of halogens is 2. The zero-order valence-electron chi connectivity index (χ0n) is 17.4. The Hall–Kier alpha value is -2.93. The second-order valence-electron chi connectivity index (χ2n) is 7.26. The van der Waals surface area contributed by atoms with Gasteiger partial charge in [-0.2, -0.15) is 0 Å². The quantitative estimate of drug-likeness (QED) is 0.524. The lowest BCUT2D eigenvalue weighted by Crippen LogP contribution is -2.49. The molecule has 1 N–H and O–H groups in total. The van der Waals surface area contributed by atoms with Crippen molar-refractivity contribution < 1.29 is 4.79 Å². The molecule has 0 fully saturated rings. The van der Waals surface area contributed by atoms with E-state index >= 15 is 0 Å². The zero-order chi connectivity index (χ0) is 22.8. The molecule has 0 saturated carbocycles. The number of hydrogen-bond donors (Lipinski definition) is 1. The lowest BCUT2D eigenvalue weighted by molar-refractivity contribution is -0.119. The summed E-state index contributed by atoms with van der Waals surface area (Å²) < 4.78 is 0. The lowest BCUT2D eigenvalue weighted by atomic mass is 10.00. The maximum Gasteiger partial charge on any atom is 0.272 e. The summed E-state index contributed by atoms with van der Waals surface area (Å²) in [5, 5.41) is 4.54. The molecule has 1 unspecified atom stereocenters. The van der Waals surface area contributed by atoms with Crippen LogP contribution in [0.1, 0.15) is 11.1 Å². The van der Waals surface area contributed by atoms with E-state index in [0.717, 1.165) is 5.69 Å². The molecular formula is C24H20Cl2N4OS. The van der Waals surface area contributed by atoms with E-state index in [9.17, 15) is 4.79 Å². The van der Waals surface area contributed by atoms with Gasteiger partial charge in [0.05, 0.1) is 11.4 Å². The van der Waals surface area contributed by atoms with Crippen LogP contribution in [0.2, 0.25) is 10.0 Å². The number of nitrogens with zero attached hydrogens (tertiary/aromatic N) is 3. The van der Waals surface area contributed by atoms with Gasteiger partial charge in [-0.05, 0) is 48.6 Å². The summed E-state index contributed by atoms with van der Waals surface area (Å²) in [6, 6.07) is 22.4. The normalized spacial score (nSPS) is 15.5. The molecule has 162 valence electrons. The zero-order valence-corrected chi connectivity index (χ0v) is 19.7. The Bertz CT molecular complexity index is 1220. The third kappa shape index (κ3) is 4.35. The van der Waals surface area contributed by atoms with Gasteiger partial charge in [-0.15, -0.1) is 0 Å². The highest BCUT2D eigenvalue weighted by atomic mass is 35.5. The van der Waals surface area contributed by atoms with Crippen LogP contribution in [-0.2, 0) is 4.79 Å². The number of anilines is 2. The lowest BCUT2D eigenvalue weighted by Gasteiger charge is -2.25. The minimum absolute atomic E-state index is 0.251. The second kappa shape index (κ2) is 9.28. The molecule has 0 radical (unpaired) electrons. The van der Waals surface area contributed by atoms with E-state index in [1.54, 1.807) is 41.1 Å². The van der Waals surface area contributed by atoms with Crippen LogP contribution in [0.25, 0.3) is 0 Å². The second-order valence-corrected chi connectivity index (χ2v) is 8.49. The molecule has 32 heavy (non-hydrogen) atoms. The molecule has 1 aliphatic rings. The Kier molecular flexibility index (Phi) is 6.46. The highest BCUT2D eigenvalue weighted by Gasteiger charge is 2.31. The molecule has 0 saturated heterocycles. The van der Waals surface area contributed by atoms with Crippen molar-refractivity contribution in [2.75, 3.05) is 23.9 Å². The highest BCUT2D eigenvalue weighted by Crippen LogP contribution is 2.31. The number of aliphatic imine (C=N–C) groups is 1. The maximum absolute atomic E-state index is 13.4. The van der Waals surface area contributed by atoms with Crippen molar-refractivity contribution in [3.8, 4) is 0 Å². The highest BCUT2D eigenvalue weighted by molar-refractivity contribution is 7.80. The summed E-state index contributed by atoms with van der Waals surface area (Å²) in [7, 11) is 3.54. The van der Waals surface area contributed by atoms with Gasteiger partial charge in [-0.25, -0.2) is 4.99 Å². The van der Waals surface area contributed by atoms with E-state index in [4.69, 9.17) is 40.4 Å². The molecule has 0 bridgehead atoms. The molecule has 1 heterocycles. The van der Waals surface area contributed by atoms with E-state index in [1.165, 1.54) is 0 Å². The number of thiocarbonyl (C=S) groups is 1. The molecular weight excluding hydrogens is 463 g/mol. The summed E-state index contributed by atoms with van der Waals surface area (Å²) in [6.45, 7) is 0. The standard InChI is InChI=1S/C24H20Cl2N4OS/c1-29(16-8-4-3-5-9-16)24(32)28-22-23(31)30(2)20-13-12-15(25)14-18(20)21(27-22)17-10-6-7-11-19(17)26/h3-14,22H,1-2H3,(H,28,32). The summed E-state index contributed by atoms with van der Waals surface area (Å²) in [5.74, 6) is -0.251. The van der Waals surface area contributed by atoms with Gasteiger partial charge in [0.1, 0.15) is 0 Å². The number of carbonyl (C=O) groups excluding carboxylic acids is 1. The number of amides is 1. The summed E-state index contributed by atoms with van der Waals surface area (Å²) >= 11 is 18.4. The Labute approximate surface area is 202 Å². The molecule has 1 amide bonds. The van der Waals surface area contributed by atoms with Crippen molar-refractivity contribution in [2.24, 2.45) is 4.99 Å². The van der Waals surface area contributed by atoms with Crippen LogP contribution >= 0.6 is 35.4 Å². The SMILES string of the molecule is CN(C(=S)NC1N=C(c2ccccc2Cl)c2cc(Cl)ccc2N(C)C1=O)c1ccccc1. The third-order valence-corrected chi connectivity index (χ3v) is 6.19. The Morgan fingerprint density at radius 1 is 1.03 bits per heavy atom. The van der Waals surface area contributed by atoms with Crippen LogP contribution in [0.15, 0.2) is 77.8 Å². The van der Waals surface area contributed by atoms with E-state index < -0.39 is 6.17 Å². The van der Waals surface area contributed by atoms with Crippen LogP contribution in [0.4, 0.5) is 11.4 Å². The molecule has 8 heteroatoms. The number of carbonyl (C=O) groups is 1. The van der Waals surface area contributed by atoms with Gasteiger partial charge in [0, 0.05) is 41.0 Å². The minimum Gasteiger partial charge on any atom is -0.333 e. The van der Waals surface area contributed by atoms with Crippen LogP contribution in [0.5, 0.6) is 0 Å². The smallest absolute Gasteiger partial charge is 0.272 e.